The van der Waals surface area contributed by atoms with E-state index in [4.69, 9.17) is 12.2 Å². The van der Waals surface area contributed by atoms with Crippen molar-refractivity contribution in [1.82, 2.24) is 9.80 Å². The maximum atomic E-state index is 13.9. The Hall–Kier alpha value is -2.28. The van der Waals surface area contributed by atoms with Crippen molar-refractivity contribution < 1.29 is 8.78 Å². The van der Waals surface area contributed by atoms with Crippen LogP contribution < -0.4 is 0 Å². The molecule has 3 aromatic rings. The fourth-order valence-electron chi connectivity index (χ4n) is 4.57. The van der Waals surface area contributed by atoms with Gasteiger partial charge in [0.25, 0.3) is 0 Å². The van der Waals surface area contributed by atoms with Gasteiger partial charge in [0.05, 0.1) is 4.99 Å². The Balaban J connectivity index is 1.30. The zero-order chi connectivity index (χ0) is 22.1. The van der Waals surface area contributed by atoms with Crippen molar-refractivity contribution in [3.05, 3.63) is 95.1 Å². The second-order valence-electron chi connectivity index (χ2n) is 8.33. The van der Waals surface area contributed by atoms with Gasteiger partial charge in [-0.2, -0.15) is 0 Å². The Bertz CT molecular complexity index is 1120. The molecule has 2 aliphatic heterocycles. The summed E-state index contributed by atoms with van der Waals surface area (Å²) >= 11 is 7.38. The van der Waals surface area contributed by atoms with Gasteiger partial charge in [-0.3, -0.25) is 4.90 Å². The third-order valence-corrected chi connectivity index (χ3v) is 7.91. The highest BCUT2D eigenvalue weighted by Gasteiger charge is 2.30. The molecule has 1 saturated heterocycles. The first-order valence-electron chi connectivity index (χ1n) is 10.9. The molecule has 0 amide bonds. The van der Waals surface area contributed by atoms with Crippen molar-refractivity contribution in [2.75, 3.05) is 26.2 Å². The molecule has 0 radical (unpaired) electrons. The highest BCUT2D eigenvalue weighted by Crippen LogP contribution is 2.43. The maximum Gasteiger partial charge on any atom is 0.124 e. The number of fused-ring (bicyclic) bond motifs is 2. The summed E-state index contributed by atoms with van der Waals surface area (Å²) in [6.45, 7) is 3.59. The van der Waals surface area contributed by atoms with E-state index in [1.807, 2.05) is 6.07 Å². The fraction of sp³-hybridized carbons (Fsp3) is 0.269. The number of hydrogen-bond acceptors (Lipinski definition) is 3. The van der Waals surface area contributed by atoms with Gasteiger partial charge in [-0.05, 0) is 53.4 Å². The molecule has 2 aliphatic rings. The lowest BCUT2D eigenvalue weighted by atomic mass is 9.96. The summed E-state index contributed by atoms with van der Waals surface area (Å²) in [6.07, 6.45) is 1.54. The van der Waals surface area contributed by atoms with Crippen LogP contribution in [0.1, 0.15) is 22.7 Å². The predicted molar refractivity (Wildman–Crippen MR) is 129 cm³/mol. The third kappa shape index (κ3) is 4.58. The Labute approximate surface area is 197 Å². The average Bonchev–Trinajstić information content (AvgIpc) is 2.97. The molecule has 3 aromatic carbocycles. The van der Waals surface area contributed by atoms with Gasteiger partial charge >= 0.3 is 0 Å². The second kappa shape index (κ2) is 9.30. The van der Waals surface area contributed by atoms with E-state index in [0.29, 0.717) is 6.42 Å². The molecule has 0 N–H and O–H groups in total. The lowest BCUT2D eigenvalue weighted by Crippen LogP contribution is -2.50. The van der Waals surface area contributed by atoms with Crippen LogP contribution in [0, 0.1) is 11.6 Å². The zero-order valence-corrected chi connectivity index (χ0v) is 19.3. The maximum absolute atomic E-state index is 13.9. The number of benzene rings is 3. The first-order valence-corrected chi connectivity index (χ1v) is 12.1. The van der Waals surface area contributed by atoms with E-state index in [1.165, 1.54) is 28.2 Å². The van der Waals surface area contributed by atoms with Crippen LogP contribution in [0.2, 0.25) is 0 Å². The summed E-state index contributed by atoms with van der Waals surface area (Å²) in [5, 5.41) is 0. The Morgan fingerprint density at radius 3 is 2.38 bits per heavy atom. The lowest BCUT2D eigenvalue weighted by molar-refractivity contribution is 0.130. The summed E-state index contributed by atoms with van der Waals surface area (Å²) in [6, 6.07) is 20.5. The van der Waals surface area contributed by atoms with Crippen LogP contribution in [0.3, 0.4) is 0 Å². The summed E-state index contributed by atoms with van der Waals surface area (Å²) in [5.41, 5.74) is 3.56. The van der Waals surface area contributed by atoms with Gasteiger partial charge in [0.2, 0.25) is 0 Å². The molecule has 2 heterocycles. The molecule has 0 bridgehead atoms. The van der Waals surface area contributed by atoms with Gasteiger partial charge in [-0.1, -0.05) is 60.4 Å². The van der Waals surface area contributed by atoms with Gasteiger partial charge in [0.1, 0.15) is 11.6 Å². The molecule has 5 rings (SSSR count). The van der Waals surface area contributed by atoms with Crippen molar-refractivity contribution in [3.63, 3.8) is 0 Å². The predicted octanol–water partition coefficient (Wildman–Crippen LogP) is 5.90. The standard InChI is InChI=1S/C26H24F2N2S2/c27-20-8-5-18(6-9-20)15-26(31)30-13-11-29(12-14-30)23-16-19-7-10-21(28)17-25(19)32-24-4-2-1-3-22(23)24/h1-10,17,23H,11-16H2. The third-order valence-electron chi connectivity index (χ3n) is 6.32. The quantitative estimate of drug-likeness (QED) is 0.443. The zero-order valence-electron chi connectivity index (χ0n) is 17.6. The molecule has 32 heavy (non-hydrogen) atoms. The average molecular weight is 467 g/mol. The van der Waals surface area contributed by atoms with Crippen LogP contribution in [0.15, 0.2) is 76.5 Å². The molecule has 0 aromatic heterocycles. The molecule has 0 spiro atoms. The second-order valence-corrected chi connectivity index (χ2v) is 9.89. The minimum Gasteiger partial charge on any atom is -0.363 e. The van der Waals surface area contributed by atoms with Crippen molar-refractivity contribution in [2.24, 2.45) is 0 Å². The van der Waals surface area contributed by atoms with Crippen molar-refractivity contribution in [1.29, 1.82) is 0 Å². The summed E-state index contributed by atoms with van der Waals surface area (Å²) in [4.78, 5) is 7.94. The van der Waals surface area contributed by atoms with E-state index in [2.05, 4.69) is 34.1 Å². The van der Waals surface area contributed by atoms with Gasteiger partial charge < -0.3 is 4.90 Å². The number of halogens is 2. The lowest BCUT2D eigenvalue weighted by Gasteiger charge is -2.40. The van der Waals surface area contributed by atoms with Crippen LogP contribution in [-0.2, 0) is 12.8 Å². The number of rotatable bonds is 3. The highest BCUT2D eigenvalue weighted by molar-refractivity contribution is 7.99. The van der Waals surface area contributed by atoms with E-state index in [-0.39, 0.29) is 17.7 Å². The van der Waals surface area contributed by atoms with Crippen LogP contribution in [0.5, 0.6) is 0 Å². The molecule has 1 fully saturated rings. The molecule has 0 aliphatic carbocycles. The first-order chi connectivity index (χ1) is 15.6. The summed E-state index contributed by atoms with van der Waals surface area (Å²) in [7, 11) is 0. The SMILES string of the molecule is Fc1ccc(CC(=S)N2CCN(C3Cc4ccc(F)cc4Sc4ccccc43)CC2)cc1. The Morgan fingerprint density at radius 2 is 1.59 bits per heavy atom. The normalized spacial score (nSPS) is 18.6. The number of piperazine rings is 1. The molecular formula is C26H24F2N2S2. The largest absolute Gasteiger partial charge is 0.363 e. The van der Waals surface area contributed by atoms with Crippen molar-refractivity contribution in [2.45, 2.75) is 28.7 Å². The smallest absolute Gasteiger partial charge is 0.124 e. The summed E-state index contributed by atoms with van der Waals surface area (Å²) in [5.74, 6) is -0.407. The number of nitrogens with zero attached hydrogens (tertiary/aromatic N) is 2. The topological polar surface area (TPSA) is 6.48 Å². The van der Waals surface area contributed by atoms with E-state index in [1.54, 1.807) is 36.0 Å². The summed E-state index contributed by atoms with van der Waals surface area (Å²) < 4.78 is 27.1. The Morgan fingerprint density at radius 1 is 0.875 bits per heavy atom. The molecule has 0 saturated carbocycles. The van der Waals surface area contributed by atoms with Gasteiger partial charge in [0.15, 0.2) is 0 Å². The van der Waals surface area contributed by atoms with Gasteiger partial charge in [-0.25, -0.2) is 8.78 Å². The monoisotopic (exact) mass is 466 g/mol. The van der Waals surface area contributed by atoms with Gasteiger partial charge in [-0.15, -0.1) is 0 Å². The highest BCUT2D eigenvalue weighted by atomic mass is 32.2. The van der Waals surface area contributed by atoms with Crippen LogP contribution in [0.25, 0.3) is 0 Å². The molecular weight excluding hydrogens is 442 g/mol. The molecule has 1 atom stereocenters. The van der Waals surface area contributed by atoms with E-state index in [0.717, 1.165) is 48.0 Å². The first kappa shape index (κ1) is 21.6. The van der Waals surface area contributed by atoms with Gasteiger partial charge in [0, 0.05) is 48.4 Å². The fourth-order valence-corrected chi connectivity index (χ4v) is 6.08. The van der Waals surface area contributed by atoms with Crippen LogP contribution >= 0.6 is 24.0 Å². The molecule has 164 valence electrons. The van der Waals surface area contributed by atoms with Crippen LogP contribution in [-0.4, -0.2) is 41.0 Å². The van der Waals surface area contributed by atoms with E-state index >= 15 is 0 Å². The van der Waals surface area contributed by atoms with E-state index < -0.39 is 0 Å². The Kier molecular flexibility index (Phi) is 6.26. The number of hydrogen-bond donors (Lipinski definition) is 0. The molecule has 2 nitrogen and oxygen atoms in total. The van der Waals surface area contributed by atoms with Crippen molar-refractivity contribution >= 4 is 29.0 Å². The van der Waals surface area contributed by atoms with Crippen LogP contribution in [0.4, 0.5) is 8.78 Å². The molecule has 1 unspecified atom stereocenters. The van der Waals surface area contributed by atoms with E-state index in [9.17, 15) is 8.78 Å². The minimum absolute atomic E-state index is 0.185. The number of thiocarbonyl (C=S) groups is 1. The van der Waals surface area contributed by atoms with Crippen molar-refractivity contribution in [3.8, 4) is 0 Å². The minimum atomic E-state index is -0.223. The molecule has 6 heteroatoms.